The van der Waals surface area contributed by atoms with E-state index in [2.05, 4.69) is 9.47 Å². The normalized spacial score (nSPS) is 15.0. The number of rotatable bonds is 3. The van der Waals surface area contributed by atoms with Crippen molar-refractivity contribution in [3.63, 3.8) is 0 Å². The van der Waals surface area contributed by atoms with Crippen molar-refractivity contribution in [1.82, 2.24) is 0 Å². The predicted octanol–water partition coefficient (Wildman–Crippen LogP) is 1.98. The van der Waals surface area contributed by atoms with Gasteiger partial charge in [-0.25, -0.2) is 4.79 Å². The first-order chi connectivity index (χ1) is 6.33. The van der Waals surface area contributed by atoms with Gasteiger partial charge in [-0.15, -0.1) is 0 Å². The molecule has 4 nitrogen and oxygen atoms in total. The number of carbonyl (C=O) groups is 1. The molecule has 4 heteroatoms. The molecule has 1 aliphatic carbocycles. The standard InChI is InChI=1S/C9H12O4/c1-11-7-12-9(10)13-8-5-3-2-4-6-8/h3,5-6H,2,4,7H2,1H3. The summed E-state index contributed by atoms with van der Waals surface area (Å²) < 4.78 is 13.9. The van der Waals surface area contributed by atoms with Gasteiger partial charge in [-0.05, 0) is 25.0 Å². The number of methoxy groups -OCH3 is 1. The first-order valence-corrected chi connectivity index (χ1v) is 4.03. The zero-order valence-electron chi connectivity index (χ0n) is 7.49. The molecular formula is C9H12O4. The van der Waals surface area contributed by atoms with Gasteiger partial charge in [-0.2, -0.15) is 0 Å². The van der Waals surface area contributed by atoms with Crippen molar-refractivity contribution in [3.8, 4) is 0 Å². The van der Waals surface area contributed by atoms with Crippen LogP contribution < -0.4 is 0 Å². The number of allylic oxidation sites excluding steroid dienone is 3. The molecular weight excluding hydrogens is 172 g/mol. The second-order valence-corrected chi connectivity index (χ2v) is 2.49. The molecule has 0 aromatic rings. The van der Waals surface area contributed by atoms with Crippen LogP contribution in [0.3, 0.4) is 0 Å². The third-order valence-electron chi connectivity index (χ3n) is 1.46. The SMILES string of the molecule is COCOC(=O)OC1=CCCC=C1. The Bertz CT molecular complexity index is 230. The molecule has 0 spiro atoms. The lowest BCUT2D eigenvalue weighted by Gasteiger charge is -2.07. The van der Waals surface area contributed by atoms with Gasteiger partial charge < -0.3 is 14.2 Å². The van der Waals surface area contributed by atoms with Crippen molar-refractivity contribution in [2.75, 3.05) is 13.9 Å². The van der Waals surface area contributed by atoms with Crippen molar-refractivity contribution in [3.05, 3.63) is 24.0 Å². The average Bonchev–Trinajstić information content (AvgIpc) is 2.16. The smallest absolute Gasteiger partial charge is 0.407 e. The zero-order valence-corrected chi connectivity index (χ0v) is 7.49. The van der Waals surface area contributed by atoms with Gasteiger partial charge in [-0.1, -0.05) is 6.08 Å². The van der Waals surface area contributed by atoms with E-state index in [0.717, 1.165) is 12.8 Å². The molecule has 0 fully saturated rings. The second kappa shape index (κ2) is 5.37. The van der Waals surface area contributed by atoms with E-state index in [1.54, 1.807) is 6.08 Å². The van der Waals surface area contributed by atoms with Gasteiger partial charge in [0.05, 0.1) is 0 Å². The zero-order chi connectivity index (χ0) is 9.52. The van der Waals surface area contributed by atoms with Crippen molar-refractivity contribution >= 4 is 6.16 Å². The molecule has 13 heavy (non-hydrogen) atoms. The topological polar surface area (TPSA) is 44.8 Å². The molecule has 0 bridgehead atoms. The van der Waals surface area contributed by atoms with E-state index in [4.69, 9.17) is 4.74 Å². The van der Waals surface area contributed by atoms with E-state index in [-0.39, 0.29) is 6.79 Å². The molecule has 1 aliphatic rings. The Morgan fingerprint density at radius 3 is 3.00 bits per heavy atom. The summed E-state index contributed by atoms with van der Waals surface area (Å²) in [5.74, 6) is 0.535. The summed E-state index contributed by atoms with van der Waals surface area (Å²) in [6.07, 6.45) is 6.67. The van der Waals surface area contributed by atoms with Crippen LogP contribution in [0.15, 0.2) is 24.0 Å². The number of hydrogen-bond donors (Lipinski definition) is 0. The molecule has 1 rings (SSSR count). The highest BCUT2D eigenvalue weighted by Gasteiger charge is 2.06. The molecule has 0 aliphatic heterocycles. The summed E-state index contributed by atoms with van der Waals surface area (Å²) in [7, 11) is 1.44. The third-order valence-corrected chi connectivity index (χ3v) is 1.46. The molecule has 0 amide bonds. The van der Waals surface area contributed by atoms with Gasteiger partial charge in [0.1, 0.15) is 5.76 Å². The predicted molar refractivity (Wildman–Crippen MR) is 45.9 cm³/mol. The number of hydrogen-bond acceptors (Lipinski definition) is 4. The Balaban J connectivity index is 2.27. The number of ether oxygens (including phenoxy) is 3. The highest BCUT2D eigenvalue weighted by Crippen LogP contribution is 2.11. The van der Waals surface area contributed by atoms with E-state index >= 15 is 0 Å². The van der Waals surface area contributed by atoms with Gasteiger partial charge >= 0.3 is 6.16 Å². The fourth-order valence-corrected chi connectivity index (χ4v) is 0.898. The molecule has 0 atom stereocenters. The van der Waals surface area contributed by atoms with Crippen LogP contribution in [0.4, 0.5) is 4.79 Å². The van der Waals surface area contributed by atoms with Crippen LogP contribution in [0.2, 0.25) is 0 Å². The maximum absolute atomic E-state index is 10.9. The quantitative estimate of drug-likeness (QED) is 0.497. The first-order valence-electron chi connectivity index (χ1n) is 4.03. The summed E-state index contributed by atoms with van der Waals surface area (Å²) >= 11 is 0. The van der Waals surface area contributed by atoms with Crippen LogP contribution in [0.5, 0.6) is 0 Å². The minimum atomic E-state index is -0.736. The van der Waals surface area contributed by atoms with Gasteiger partial charge in [0.25, 0.3) is 0 Å². The lowest BCUT2D eigenvalue weighted by atomic mass is 10.2. The minimum absolute atomic E-state index is 0.0875. The largest absolute Gasteiger partial charge is 0.515 e. The Morgan fingerprint density at radius 2 is 2.38 bits per heavy atom. The van der Waals surface area contributed by atoms with E-state index in [0.29, 0.717) is 5.76 Å². The van der Waals surface area contributed by atoms with Crippen molar-refractivity contribution < 1.29 is 19.0 Å². The second-order valence-electron chi connectivity index (χ2n) is 2.49. The lowest BCUT2D eigenvalue weighted by molar-refractivity contribution is -0.0161. The third kappa shape index (κ3) is 3.75. The Kier molecular flexibility index (Phi) is 4.05. The molecule has 0 unspecified atom stereocenters. The van der Waals surface area contributed by atoms with E-state index in [1.807, 2.05) is 12.2 Å². The van der Waals surface area contributed by atoms with Crippen LogP contribution in [-0.4, -0.2) is 20.1 Å². The van der Waals surface area contributed by atoms with Gasteiger partial charge in [0, 0.05) is 7.11 Å². The molecule has 0 radical (unpaired) electrons. The first kappa shape index (κ1) is 9.80. The summed E-state index contributed by atoms with van der Waals surface area (Å²) in [6, 6.07) is 0. The fourth-order valence-electron chi connectivity index (χ4n) is 0.898. The van der Waals surface area contributed by atoms with Crippen LogP contribution in [0, 0.1) is 0 Å². The Hall–Kier alpha value is -1.29. The lowest BCUT2D eigenvalue weighted by Crippen LogP contribution is -2.09. The van der Waals surface area contributed by atoms with Crippen LogP contribution in [0.1, 0.15) is 12.8 Å². The van der Waals surface area contributed by atoms with Gasteiger partial charge in [0.2, 0.25) is 0 Å². The number of carbonyl (C=O) groups excluding carboxylic acids is 1. The van der Waals surface area contributed by atoms with E-state index in [1.165, 1.54) is 7.11 Å². The molecule has 0 N–H and O–H groups in total. The molecule has 72 valence electrons. The monoisotopic (exact) mass is 184 g/mol. The highest BCUT2D eigenvalue weighted by molar-refractivity contribution is 5.61. The summed E-state index contributed by atoms with van der Waals surface area (Å²) in [5, 5.41) is 0. The highest BCUT2D eigenvalue weighted by atomic mass is 16.8. The molecule has 0 heterocycles. The van der Waals surface area contributed by atoms with Crippen LogP contribution in [0.25, 0.3) is 0 Å². The maximum Gasteiger partial charge on any atom is 0.515 e. The van der Waals surface area contributed by atoms with Crippen LogP contribution in [-0.2, 0) is 14.2 Å². The molecule has 0 aromatic carbocycles. The Morgan fingerprint density at radius 1 is 1.54 bits per heavy atom. The minimum Gasteiger partial charge on any atom is -0.407 e. The fraction of sp³-hybridized carbons (Fsp3) is 0.444. The maximum atomic E-state index is 10.9. The Labute approximate surface area is 76.8 Å². The molecule has 0 aromatic heterocycles. The van der Waals surface area contributed by atoms with Gasteiger partial charge in [-0.3, -0.25) is 0 Å². The average molecular weight is 184 g/mol. The summed E-state index contributed by atoms with van der Waals surface area (Å²) in [4.78, 5) is 10.9. The molecule has 0 saturated heterocycles. The molecule has 0 saturated carbocycles. The van der Waals surface area contributed by atoms with E-state index < -0.39 is 6.16 Å². The van der Waals surface area contributed by atoms with Crippen molar-refractivity contribution in [1.29, 1.82) is 0 Å². The summed E-state index contributed by atoms with van der Waals surface area (Å²) in [5.41, 5.74) is 0. The summed E-state index contributed by atoms with van der Waals surface area (Å²) in [6.45, 7) is -0.0875. The van der Waals surface area contributed by atoms with Crippen molar-refractivity contribution in [2.45, 2.75) is 12.8 Å². The van der Waals surface area contributed by atoms with E-state index in [9.17, 15) is 4.79 Å². The van der Waals surface area contributed by atoms with Gasteiger partial charge in [0.15, 0.2) is 6.79 Å². The van der Waals surface area contributed by atoms with Crippen molar-refractivity contribution in [2.24, 2.45) is 0 Å². The van der Waals surface area contributed by atoms with Crippen LogP contribution >= 0.6 is 0 Å².